The van der Waals surface area contributed by atoms with Gasteiger partial charge in [0.2, 0.25) is 0 Å². The van der Waals surface area contributed by atoms with E-state index in [1.54, 1.807) is 12.1 Å². The molecule has 4 aromatic carbocycles. The number of rotatable bonds is 11. The molecule has 4 N–H and O–H groups in total. The Balaban J connectivity index is 1.35. The quantitative estimate of drug-likeness (QED) is 0.115. The number of hydrogen-bond acceptors (Lipinski definition) is 4. The Hall–Kier alpha value is -4.25. The van der Waals surface area contributed by atoms with E-state index >= 15 is 0 Å². The van der Waals surface area contributed by atoms with Crippen molar-refractivity contribution >= 4 is 5.84 Å². The standard InChI is InChI=1S/C33H36N2O3/c1-4-5-26-22-25(23-6-8-24(9-7-23)32(34)35)10-19-31(26)38-21-20-37-30-17-13-28(14-18-30)33(2,3)27-11-15-29(36)16-12-27/h6-19,22,36H,4-5,20-21H2,1-3H3,(H3,34,35). The van der Waals surface area contributed by atoms with Crippen molar-refractivity contribution in [2.75, 3.05) is 13.2 Å². The molecule has 5 nitrogen and oxygen atoms in total. The number of ether oxygens (including phenoxy) is 2. The van der Waals surface area contributed by atoms with Gasteiger partial charge in [-0.15, -0.1) is 0 Å². The van der Waals surface area contributed by atoms with Crippen LogP contribution in [0.1, 0.15) is 49.4 Å². The van der Waals surface area contributed by atoms with E-state index in [1.165, 1.54) is 11.1 Å². The maximum Gasteiger partial charge on any atom is 0.122 e. The van der Waals surface area contributed by atoms with E-state index in [2.05, 4.69) is 45.0 Å². The Morgan fingerprint density at radius 2 is 1.37 bits per heavy atom. The monoisotopic (exact) mass is 508 g/mol. The highest BCUT2D eigenvalue weighted by atomic mass is 16.5. The maximum atomic E-state index is 9.59. The Bertz CT molecular complexity index is 1360. The van der Waals surface area contributed by atoms with Crippen molar-refractivity contribution < 1.29 is 14.6 Å². The fourth-order valence-electron chi connectivity index (χ4n) is 4.53. The molecule has 0 aliphatic rings. The maximum absolute atomic E-state index is 9.59. The van der Waals surface area contributed by atoms with E-state index in [9.17, 15) is 5.11 Å². The molecule has 0 spiro atoms. The third-order valence-corrected chi connectivity index (χ3v) is 6.88. The van der Waals surface area contributed by atoms with Gasteiger partial charge in [-0.25, -0.2) is 0 Å². The molecule has 38 heavy (non-hydrogen) atoms. The highest BCUT2D eigenvalue weighted by Gasteiger charge is 2.23. The zero-order valence-corrected chi connectivity index (χ0v) is 22.3. The molecule has 4 aromatic rings. The SMILES string of the molecule is CCCc1cc(-c2ccc(C(=N)N)cc2)ccc1OCCOc1ccc(C(C)(C)c2ccc(O)cc2)cc1. The first-order chi connectivity index (χ1) is 18.3. The molecule has 0 aliphatic carbocycles. The zero-order valence-electron chi connectivity index (χ0n) is 22.3. The van der Waals surface area contributed by atoms with Crippen molar-refractivity contribution in [2.24, 2.45) is 5.73 Å². The van der Waals surface area contributed by atoms with Crippen molar-refractivity contribution in [1.82, 2.24) is 0 Å². The number of nitrogens with two attached hydrogens (primary N) is 1. The molecule has 196 valence electrons. The number of aromatic hydroxyl groups is 1. The Morgan fingerprint density at radius 3 is 1.97 bits per heavy atom. The summed E-state index contributed by atoms with van der Waals surface area (Å²) in [4.78, 5) is 0. The average Bonchev–Trinajstić information content (AvgIpc) is 2.92. The smallest absolute Gasteiger partial charge is 0.122 e. The lowest BCUT2D eigenvalue weighted by Crippen LogP contribution is -2.18. The van der Waals surface area contributed by atoms with Crippen LogP contribution >= 0.6 is 0 Å². The molecule has 0 heterocycles. The second kappa shape index (κ2) is 11.9. The molecule has 0 saturated heterocycles. The van der Waals surface area contributed by atoms with Crippen molar-refractivity contribution in [3.63, 3.8) is 0 Å². The molecule has 0 radical (unpaired) electrons. The van der Waals surface area contributed by atoms with Gasteiger partial charge in [0.15, 0.2) is 0 Å². The topological polar surface area (TPSA) is 88.6 Å². The molecule has 4 rings (SSSR count). The van der Waals surface area contributed by atoms with Gasteiger partial charge in [-0.3, -0.25) is 5.41 Å². The first-order valence-corrected chi connectivity index (χ1v) is 13.0. The molecular weight excluding hydrogens is 472 g/mol. The number of nitrogen functional groups attached to an aromatic ring is 1. The van der Waals surface area contributed by atoms with Gasteiger partial charge >= 0.3 is 0 Å². The molecule has 0 bridgehead atoms. The van der Waals surface area contributed by atoms with Crippen LogP contribution in [0.3, 0.4) is 0 Å². The second-order valence-corrected chi connectivity index (χ2v) is 9.96. The number of benzene rings is 4. The summed E-state index contributed by atoms with van der Waals surface area (Å²) < 4.78 is 12.1. The van der Waals surface area contributed by atoms with Crippen LogP contribution in [-0.4, -0.2) is 24.2 Å². The van der Waals surface area contributed by atoms with E-state index in [0.717, 1.165) is 46.6 Å². The number of phenolic OH excluding ortho intramolecular Hbond substituents is 1. The summed E-state index contributed by atoms with van der Waals surface area (Å²) in [5.41, 5.74) is 11.8. The van der Waals surface area contributed by atoms with Crippen molar-refractivity contribution in [3.05, 3.63) is 113 Å². The number of phenols is 1. The largest absolute Gasteiger partial charge is 0.508 e. The summed E-state index contributed by atoms with van der Waals surface area (Å²) in [6.07, 6.45) is 1.94. The van der Waals surface area contributed by atoms with E-state index < -0.39 is 0 Å². The Morgan fingerprint density at radius 1 is 0.789 bits per heavy atom. The van der Waals surface area contributed by atoms with Crippen LogP contribution in [0.2, 0.25) is 0 Å². The van der Waals surface area contributed by atoms with E-state index in [1.807, 2.05) is 54.6 Å². The van der Waals surface area contributed by atoms with Crippen molar-refractivity contribution in [2.45, 2.75) is 39.0 Å². The first kappa shape index (κ1) is 26.8. The van der Waals surface area contributed by atoms with Gasteiger partial charge in [0, 0.05) is 11.0 Å². The summed E-state index contributed by atoms with van der Waals surface area (Å²) >= 11 is 0. The summed E-state index contributed by atoms with van der Waals surface area (Å²) in [5, 5.41) is 17.2. The predicted molar refractivity (Wildman–Crippen MR) is 155 cm³/mol. The van der Waals surface area contributed by atoms with Crippen molar-refractivity contribution in [1.29, 1.82) is 5.41 Å². The van der Waals surface area contributed by atoms with Crippen LogP contribution in [0.15, 0.2) is 91.0 Å². The van der Waals surface area contributed by atoms with Gasteiger partial charge in [0.25, 0.3) is 0 Å². The average molecular weight is 509 g/mol. The van der Waals surface area contributed by atoms with Crippen LogP contribution in [-0.2, 0) is 11.8 Å². The number of hydrogen-bond donors (Lipinski definition) is 3. The summed E-state index contributed by atoms with van der Waals surface area (Å²) in [7, 11) is 0. The normalized spacial score (nSPS) is 11.2. The van der Waals surface area contributed by atoms with Crippen LogP contribution in [0.5, 0.6) is 17.2 Å². The third-order valence-electron chi connectivity index (χ3n) is 6.88. The summed E-state index contributed by atoms with van der Waals surface area (Å²) in [6, 6.07) is 29.5. The van der Waals surface area contributed by atoms with Crippen LogP contribution in [0, 0.1) is 5.41 Å². The fourth-order valence-corrected chi connectivity index (χ4v) is 4.53. The molecule has 0 atom stereocenters. The van der Waals surface area contributed by atoms with Gasteiger partial charge < -0.3 is 20.3 Å². The summed E-state index contributed by atoms with van der Waals surface area (Å²) in [6.45, 7) is 7.39. The van der Waals surface area contributed by atoms with E-state index in [-0.39, 0.29) is 17.0 Å². The minimum absolute atomic E-state index is 0.0723. The molecule has 0 fully saturated rings. The van der Waals surface area contributed by atoms with E-state index in [0.29, 0.717) is 13.2 Å². The molecule has 0 amide bonds. The second-order valence-electron chi connectivity index (χ2n) is 9.96. The first-order valence-electron chi connectivity index (χ1n) is 13.0. The summed E-state index contributed by atoms with van der Waals surface area (Å²) in [5.74, 6) is 2.03. The van der Waals surface area contributed by atoms with Crippen LogP contribution in [0.25, 0.3) is 11.1 Å². The highest BCUT2D eigenvalue weighted by Crippen LogP contribution is 2.33. The molecule has 0 aliphatic heterocycles. The minimum atomic E-state index is -0.188. The molecule has 0 unspecified atom stereocenters. The van der Waals surface area contributed by atoms with Gasteiger partial charge in [0.05, 0.1) is 0 Å². The van der Waals surface area contributed by atoms with E-state index in [4.69, 9.17) is 20.6 Å². The van der Waals surface area contributed by atoms with Crippen LogP contribution in [0.4, 0.5) is 0 Å². The third kappa shape index (κ3) is 6.35. The van der Waals surface area contributed by atoms with Gasteiger partial charge in [0.1, 0.15) is 36.3 Å². The predicted octanol–water partition coefficient (Wildman–Crippen LogP) is 7.08. The fraction of sp³-hybridized carbons (Fsp3) is 0.242. The van der Waals surface area contributed by atoms with Gasteiger partial charge in [-0.2, -0.15) is 0 Å². The molecule has 0 saturated carbocycles. The lowest BCUT2D eigenvalue weighted by atomic mass is 9.78. The number of amidine groups is 1. The Labute approximate surface area is 225 Å². The minimum Gasteiger partial charge on any atom is -0.508 e. The number of aryl methyl sites for hydroxylation is 1. The lowest BCUT2D eigenvalue weighted by Gasteiger charge is -2.26. The van der Waals surface area contributed by atoms with Crippen LogP contribution < -0.4 is 15.2 Å². The van der Waals surface area contributed by atoms with Crippen molar-refractivity contribution in [3.8, 4) is 28.4 Å². The number of nitrogens with one attached hydrogen (secondary N) is 1. The highest BCUT2D eigenvalue weighted by molar-refractivity contribution is 5.95. The zero-order chi connectivity index (χ0) is 27.1. The molecular formula is C33H36N2O3. The molecule has 0 aromatic heterocycles. The van der Waals surface area contributed by atoms with Gasteiger partial charge in [-0.05, 0) is 70.6 Å². The lowest BCUT2D eigenvalue weighted by molar-refractivity contribution is 0.216. The molecule has 5 heteroatoms. The Kier molecular flexibility index (Phi) is 8.37. The van der Waals surface area contributed by atoms with Gasteiger partial charge in [-0.1, -0.05) is 81.8 Å².